The molecule has 4 nitrogen and oxygen atoms in total. The van der Waals surface area contributed by atoms with E-state index in [4.69, 9.17) is 4.74 Å². The fourth-order valence-electron chi connectivity index (χ4n) is 1.37. The SMILES string of the molecule is CC(C)N(C)C(=O)C[C@H]1CCOC1=O. The van der Waals surface area contributed by atoms with Gasteiger partial charge in [0.25, 0.3) is 0 Å². The lowest BCUT2D eigenvalue weighted by Crippen LogP contribution is -2.34. The summed E-state index contributed by atoms with van der Waals surface area (Å²) in [5, 5.41) is 0. The van der Waals surface area contributed by atoms with Crippen molar-refractivity contribution in [3.05, 3.63) is 0 Å². The average molecular weight is 199 g/mol. The lowest BCUT2D eigenvalue weighted by molar-refractivity contribution is -0.144. The Bertz CT molecular complexity index is 238. The van der Waals surface area contributed by atoms with Gasteiger partial charge in [-0.2, -0.15) is 0 Å². The molecule has 14 heavy (non-hydrogen) atoms. The van der Waals surface area contributed by atoms with E-state index < -0.39 is 0 Å². The largest absolute Gasteiger partial charge is 0.465 e. The van der Waals surface area contributed by atoms with Gasteiger partial charge in [0.15, 0.2) is 0 Å². The second-order valence-corrected chi connectivity index (χ2v) is 3.96. The summed E-state index contributed by atoms with van der Waals surface area (Å²) in [5.41, 5.74) is 0. The predicted octanol–water partition coefficient (Wildman–Crippen LogP) is 0.806. The molecule has 80 valence electrons. The van der Waals surface area contributed by atoms with E-state index in [1.165, 1.54) is 0 Å². The molecule has 1 heterocycles. The van der Waals surface area contributed by atoms with Crippen molar-refractivity contribution >= 4 is 11.9 Å². The number of esters is 1. The van der Waals surface area contributed by atoms with Crippen molar-refractivity contribution < 1.29 is 14.3 Å². The Balaban J connectivity index is 2.44. The molecule has 0 unspecified atom stereocenters. The standard InChI is InChI=1S/C10H17NO3/c1-7(2)11(3)9(12)6-8-4-5-14-10(8)13/h7-8H,4-6H2,1-3H3/t8-/m1/s1. The molecular weight excluding hydrogens is 182 g/mol. The molecule has 0 spiro atoms. The number of carbonyl (C=O) groups excluding carboxylic acids is 2. The summed E-state index contributed by atoms with van der Waals surface area (Å²) in [7, 11) is 1.76. The van der Waals surface area contributed by atoms with Crippen molar-refractivity contribution in [3.63, 3.8) is 0 Å². The van der Waals surface area contributed by atoms with Gasteiger partial charge < -0.3 is 9.64 Å². The summed E-state index contributed by atoms with van der Waals surface area (Å²) in [4.78, 5) is 24.4. The first-order valence-corrected chi connectivity index (χ1v) is 4.94. The van der Waals surface area contributed by atoms with E-state index in [-0.39, 0.29) is 30.3 Å². The average Bonchev–Trinajstić information content (AvgIpc) is 2.50. The van der Waals surface area contributed by atoms with Gasteiger partial charge in [0.2, 0.25) is 5.91 Å². The number of carbonyl (C=O) groups is 2. The van der Waals surface area contributed by atoms with Crippen LogP contribution in [0.5, 0.6) is 0 Å². The third kappa shape index (κ3) is 2.47. The van der Waals surface area contributed by atoms with Crippen LogP contribution in [-0.4, -0.2) is 36.5 Å². The van der Waals surface area contributed by atoms with Crippen LogP contribution in [0.1, 0.15) is 26.7 Å². The molecule has 0 aromatic rings. The van der Waals surface area contributed by atoms with Crippen LogP contribution in [0.25, 0.3) is 0 Å². The van der Waals surface area contributed by atoms with Crippen LogP contribution in [-0.2, 0) is 14.3 Å². The molecule has 1 aliphatic heterocycles. The lowest BCUT2D eigenvalue weighted by Gasteiger charge is -2.22. The highest BCUT2D eigenvalue weighted by molar-refractivity contribution is 5.83. The van der Waals surface area contributed by atoms with E-state index in [9.17, 15) is 9.59 Å². The Morgan fingerprint density at radius 2 is 2.29 bits per heavy atom. The van der Waals surface area contributed by atoms with Crippen LogP contribution in [0.2, 0.25) is 0 Å². The molecule has 1 fully saturated rings. The van der Waals surface area contributed by atoms with Gasteiger partial charge in [-0.3, -0.25) is 9.59 Å². The number of ether oxygens (including phenoxy) is 1. The van der Waals surface area contributed by atoms with Gasteiger partial charge in [-0.05, 0) is 20.3 Å². The Morgan fingerprint density at radius 3 is 2.71 bits per heavy atom. The van der Waals surface area contributed by atoms with Crippen LogP contribution < -0.4 is 0 Å². The van der Waals surface area contributed by atoms with Gasteiger partial charge in [0.1, 0.15) is 0 Å². The molecule has 0 bridgehead atoms. The zero-order valence-electron chi connectivity index (χ0n) is 8.95. The Morgan fingerprint density at radius 1 is 1.64 bits per heavy atom. The summed E-state index contributed by atoms with van der Waals surface area (Å²) in [5.74, 6) is -0.428. The maximum absolute atomic E-state index is 11.6. The number of nitrogens with zero attached hydrogens (tertiary/aromatic N) is 1. The number of amides is 1. The highest BCUT2D eigenvalue weighted by Gasteiger charge is 2.29. The maximum Gasteiger partial charge on any atom is 0.309 e. The molecule has 0 saturated carbocycles. The Labute approximate surface area is 84.2 Å². The number of hydrogen-bond acceptors (Lipinski definition) is 3. The smallest absolute Gasteiger partial charge is 0.309 e. The first-order valence-electron chi connectivity index (χ1n) is 4.94. The molecular formula is C10H17NO3. The summed E-state index contributed by atoms with van der Waals surface area (Å²) in [6, 6.07) is 0.180. The Kier molecular flexibility index (Phi) is 3.49. The van der Waals surface area contributed by atoms with E-state index in [1.54, 1.807) is 11.9 Å². The zero-order chi connectivity index (χ0) is 10.7. The van der Waals surface area contributed by atoms with Crippen molar-refractivity contribution in [1.82, 2.24) is 4.90 Å². The topological polar surface area (TPSA) is 46.6 Å². The molecule has 1 atom stereocenters. The van der Waals surface area contributed by atoms with Crippen LogP contribution in [0.15, 0.2) is 0 Å². The molecule has 0 radical (unpaired) electrons. The second-order valence-electron chi connectivity index (χ2n) is 3.96. The fourth-order valence-corrected chi connectivity index (χ4v) is 1.37. The minimum Gasteiger partial charge on any atom is -0.465 e. The van der Waals surface area contributed by atoms with Gasteiger partial charge >= 0.3 is 5.97 Å². The fraction of sp³-hybridized carbons (Fsp3) is 0.800. The molecule has 0 aromatic carbocycles. The van der Waals surface area contributed by atoms with Crippen molar-refractivity contribution in [1.29, 1.82) is 0 Å². The van der Waals surface area contributed by atoms with Gasteiger partial charge in [0, 0.05) is 19.5 Å². The quantitative estimate of drug-likeness (QED) is 0.632. The molecule has 1 amide bonds. The maximum atomic E-state index is 11.6. The monoisotopic (exact) mass is 199 g/mol. The van der Waals surface area contributed by atoms with Crippen molar-refractivity contribution in [2.75, 3.05) is 13.7 Å². The second kappa shape index (κ2) is 4.44. The first-order chi connectivity index (χ1) is 6.52. The summed E-state index contributed by atoms with van der Waals surface area (Å²) in [6.07, 6.45) is 0.962. The predicted molar refractivity (Wildman–Crippen MR) is 51.6 cm³/mol. The molecule has 1 aliphatic rings. The zero-order valence-corrected chi connectivity index (χ0v) is 8.95. The van der Waals surface area contributed by atoms with Crippen LogP contribution in [0.3, 0.4) is 0 Å². The molecule has 4 heteroatoms. The van der Waals surface area contributed by atoms with E-state index in [2.05, 4.69) is 0 Å². The van der Waals surface area contributed by atoms with Crippen LogP contribution >= 0.6 is 0 Å². The normalized spacial score (nSPS) is 21.1. The van der Waals surface area contributed by atoms with E-state index in [0.29, 0.717) is 13.0 Å². The van der Waals surface area contributed by atoms with E-state index in [1.807, 2.05) is 13.8 Å². The van der Waals surface area contributed by atoms with Gasteiger partial charge in [-0.25, -0.2) is 0 Å². The summed E-state index contributed by atoms with van der Waals surface area (Å²) in [6.45, 7) is 4.36. The van der Waals surface area contributed by atoms with Crippen molar-refractivity contribution in [2.24, 2.45) is 5.92 Å². The van der Waals surface area contributed by atoms with Gasteiger partial charge in [0.05, 0.1) is 12.5 Å². The van der Waals surface area contributed by atoms with Crippen LogP contribution in [0, 0.1) is 5.92 Å². The molecule has 1 saturated heterocycles. The van der Waals surface area contributed by atoms with Crippen LogP contribution in [0.4, 0.5) is 0 Å². The summed E-state index contributed by atoms with van der Waals surface area (Å²) >= 11 is 0. The first kappa shape index (κ1) is 11.0. The number of cyclic esters (lactones) is 1. The Hall–Kier alpha value is -1.06. The van der Waals surface area contributed by atoms with E-state index >= 15 is 0 Å². The molecule has 1 rings (SSSR count). The number of rotatable bonds is 3. The number of hydrogen-bond donors (Lipinski definition) is 0. The lowest BCUT2D eigenvalue weighted by atomic mass is 10.0. The van der Waals surface area contributed by atoms with E-state index in [0.717, 1.165) is 0 Å². The third-order valence-corrected chi connectivity index (χ3v) is 2.63. The summed E-state index contributed by atoms with van der Waals surface area (Å²) < 4.78 is 4.80. The molecule has 0 N–H and O–H groups in total. The van der Waals surface area contributed by atoms with Gasteiger partial charge in [-0.1, -0.05) is 0 Å². The van der Waals surface area contributed by atoms with Crippen molar-refractivity contribution in [3.8, 4) is 0 Å². The minimum absolute atomic E-state index is 0.0175. The highest BCUT2D eigenvalue weighted by Crippen LogP contribution is 2.19. The van der Waals surface area contributed by atoms with Crippen molar-refractivity contribution in [2.45, 2.75) is 32.7 Å². The minimum atomic E-state index is -0.226. The highest BCUT2D eigenvalue weighted by atomic mass is 16.5. The van der Waals surface area contributed by atoms with Gasteiger partial charge in [-0.15, -0.1) is 0 Å². The molecule has 0 aromatic heterocycles. The molecule has 0 aliphatic carbocycles. The third-order valence-electron chi connectivity index (χ3n) is 2.63.